The van der Waals surface area contributed by atoms with Gasteiger partial charge in [0.05, 0.1) is 6.10 Å². The minimum absolute atomic E-state index is 0.0708. The largest absolute Gasteiger partial charge is 0.491 e. The SMILES string of the molecule is CC(C)Oc1ccc(CC(NC(=O)OC(C)(C)C)C(=O)O)cc1. The van der Waals surface area contributed by atoms with Gasteiger partial charge in [0.2, 0.25) is 0 Å². The molecule has 0 fully saturated rings. The summed E-state index contributed by atoms with van der Waals surface area (Å²) in [5.74, 6) is -0.394. The summed E-state index contributed by atoms with van der Waals surface area (Å²) < 4.78 is 10.6. The van der Waals surface area contributed by atoms with E-state index in [1.165, 1.54) is 0 Å². The highest BCUT2D eigenvalue weighted by molar-refractivity contribution is 5.80. The Labute approximate surface area is 136 Å². The molecule has 2 N–H and O–H groups in total. The number of carbonyl (C=O) groups is 2. The number of alkyl carbamates (subject to hydrolysis) is 1. The van der Waals surface area contributed by atoms with Crippen LogP contribution in [0.5, 0.6) is 5.75 Å². The van der Waals surface area contributed by atoms with Gasteiger partial charge in [0.25, 0.3) is 0 Å². The minimum Gasteiger partial charge on any atom is -0.491 e. The lowest BCUT2D eigenvalue weighted by atomic mass is 10.1. The lowest BCUT2D eigenvalue weighted by Crippen LogP contribution is -2.44. The Morgan fingerprint density at radius 1 is 1.17 bits per heavy atom. The molecule has 0 aromatic heterocycles. The number of amides is 1. The molecular weight excluding hydrogens is 298 g/mol. The highest BCUT2D eigenvalue weighted by atomic mass is 16.6. The van der Waals surface area contributed by atoms with Crippen LogP contribution in [0.25, 0.3) is 0 Å². The Morgan fingerprint density at radius 2 is 1.74 bits per heavy atom. The molecule has 0 aliphatic carbocycles. The Kier molecular flexibility index (Phi) is 6.42. The van der Waals surface area contributed by atoms with E-state index in [0.29, 0.717) is 0 Å². The molecule has 6 nitrogen and oxygen atoms in total. The maximum absolute atomic E-state index is 11.7. The first-order chi connectivity index (χ1) is 10.6. The first kappa shape index (κ1) is 18.8. The number of benzene rings is 1. The van der Waals surface area contributed by atoms with E-state index in [4.69, 9.17) is 9.47 Å². The molecule has 6 heteroatoms. The lowest BCUT2D eigenvalue weighted by Gasteiger charge is -2.22. The van der Waals surface area contributed by atoms with Gasteiger partial charge >= 0.3 is 12.1 Å². The molecule has 1 unspecified atom stereocenters. The van der Waals surface area contributed by atoms with Gasteiger partial charge in [0, 0.05) is 6.42 Å². The number of aliphatic carboxylic acids is 1. The summed E-state index contributed by atoms with van der Waals surface area (Å²) in [6.07, 6.45) is -0.512. The van der Waals surface area contributed by atoms with E-state index in [0.717, 1.165) is 11.3 Å². The van der Waals surface area contributed by atoms with Crippen LogP contribution in [0.4, 0.5) is 4.79 Å². The van der Waals surface area contributed by atoms with E-state index in [1.807, 2.05) is 13.8 Å². The van der Waals surface area contributed by atoms with Crippen LogP contribution in [-0.2, 0) is 16.0 Å². The van der Waals surface area contributed by atoms with Crippen molar-refractivity contribution in [2.45, 2.75) is 58.8 Å². The Bertz CT molecular complexity index is 531. The van der Waals surface area contributed by atoms with Gasteiger partial charge in [-0.1, -0.05) is 12.1 Å². The normalized spacial score (nSPS) is 12.6. The topological polar surface area (TPSA) is 84.9 Å². The molecule has 1 amide bonds. The van der Waals surface area contributed by atoms with Gasteiger partial charge in [-0.05, 0) is 52.3 Å². The molecule has 0 bridgehead atoms. The lowest BCUT2D eigenvalue weighted by molar-refractivity contribution is -0.139. The number of rotatable bonds is 6. The molecule has 0 heterocycles. The van der Waals surface area contributed by atoms with Crippen LogP contribution >= 0.6 is 0 Å². The second kappa shape index (κ2) is 7.85. The molecule has 1 aromatic carbocycles. The summed E-state index contributed by atoms with van der Waals surface area (Å²) in [5.41, 5.74) is 0.104. The van der Waals surface area contributed by atoms with Crippen molar-refractivity contribution in [2.75, 3.05) is 0 Å². The molecule has 1 rings (SSSR count). The fourth-order valence-electron chi connectivity index (χ4n) is 1.86. The number of carboxylic acid groups (broad SMARTS) is 1. The zero-order valence-electron chi connectivity index (χ0n) is 14.3. The summed E-state index contributed by atoms with van der Waals surface area (Å²) in [5, 5.41) is 11.6. The maximum Gasteiger partial charge on any atom is 0.408 e. The molecule has 0 aliphatic rings. The van der Waals surface area contributed by atoms with Gasteiger partial charge in [-0.2, -0.15) is 0 Å². The third-order valence-corrected chi connectivity index (χ3v) is 2.72. The zero-order chi connectivity index (χ0) is 17.6. The van der Waals surface area contributed by atoms with E-state index in [1.54, 1.807) is 45.0 Å². The first-order valence-electron chi connectivity index (χ1n) is 7.55. The van der Waals surface area contributed by atoms with Gasteiger partial charge in [-0.15, -0.1) is 0 Å². The van der Waals surface area contributed by atoms with E-state index < -0.39 is 23.7 Å². The van der Waals surface area contributed by atoms with Gasteiger partial charge in [-0.25, -0.2) is 9.59 Å². The Hall–Kier alpha value is -2.24. The monoisotopic (exact) mass is 323 g/mol. The molecule has 0 saturated carbocycles. The predicted molar refractivity (Wildman–Crippen MR) is 86.7 cm³/mol. The van der Waals surface area contributed by atoms with Crippen LogP contribution in [0.1, 0.15) is 40.2 Å². The molecular formula is C17H25NO5. The summed E-state index contributed by atoms with van der Waals surface area (Å²) in [7, 11) is 0. The average molecular weight is 323 g/mol. The standard InChI is InChI=1S/C17H25NO5/c1-11(2)22-13-8-6-12(7-9-13)10-14(15(19)20)18-16(21)23-17(3,4)5/h6-9,11,14H,10H2,1-5H3,(H,18,21)(H,19,20). The van der Waals surface area contributed by atoms with Crippen LogP contribution in [0.2, 0.25) is 0 Å². The second-order valence-corrected chi connectivity index (χ2v) is 6.55. The summed E-state index contributed by atoms with van der Waals surface area (Å²) >= 11 is 0. The Balaban J connectivity index is 2.69. The first-order valence-corrected chi connectivity index (χ1v) is 7.55. The van der Waals surface area contributed by atoms with E-state index >= 15 is 0 Å². The van der Waals surface area contributed by atoms with Crippen molar-refractivity contribution in [3.63, 3.8) is 0 Å². The third-order valence-electron chi connectivity index (χ3n) is 2.72. The van der Waals surface area contributed by atoms with E-state index in [9.17, 15) is 14.7 Å². The maximum atomic E-state index is 11.7. The van der Waals surface area contributed by atoms with Crippen LogP contribution in [0, 0.1) is 0 Å². The minimum atomic E-state index is -1.11. The van der Waals surface area contributed by atoms with Crippen molar-refractivity contribution >= 4 is 12.1 Å². The van der Waals surface area contributed by atoms with Crippen molar-refractivity contribution in [3.8, 4) is 5.75 Å². The number of hydrogen-bond donors (Lipinski definition) is 2. The van der Waals surface area contributed by atoms with Crippen molar-refractivity contribution in [1.29, 1.82) is 0 Å². The molecule has 0 radical (unpaired) electrons. The predicted octanol–water partition coefficient (Wildman–Crippen LogP) is 2.99. The number of carbonyl (C=O) groups excluding carboxylic acids is 1. The van der Waals surface area contributed by atoms with Crippen molar-refractivity contribution in [2.24, 2.45) is 0 Å². The summed E-state index contributed by atoms with van der Waals surface area (Å²) in [6.45, 7) is 9.01. The van der Waals surface area contributed by atoms with Gasteiger partial charge in [-0.3, -0.25) is 0 Å². The number of ether oxygens (including phenoxy) is 2. The Morgan fingerprint density at radius 3 is 2.17 bits per heavy atom. The summed E-state index contributed by atoms with van der Waals surface area (Å²) in [4.78, 5) is 23.0. The second-order valence-electron chi connectivity index (χ2n) is 6.55. The summed E-state index contributed by atoms with van der Waals surface area (Å²) in [6, 6.07) is 6.07. The zero-order valence-corrected chi connectivity index (χ0v) is 14.3. The highest BCUT2D eigenvalue weighted by Gasteiger charge is 2.24. The fraction of sp³-hybridized carbons (Fsp3) is 0.529. The van der Waals surface area contributed by atoms with Gasteiger partial charge in [0.1, 0.15) is 17.4 Å². The smallest absolute Gasteiger partial charge is 0.408 e. The quantitative estimate of drug-likeness (QED) is 0.840. The molecule has 128 valence electrons. The molecule has 0 spiro atoms. The number of nitrogens with one attached hydrogen (secondary N) is 1. The van der Waals surface area contributed by atoms with E-state index in [2.05, 4.69) is 5.32 Å². The molecule has 0 aliphatic heterocycles. The van der Waals surface area contributed by atoms with Crippen LogP contribution in [-0.4, -0.2) is 34.9 Å². The third kappa shape index (κ3) is 7.54. The van der Waals surface area contributed by atoms with Crippen LogP contribution < -0.4 is 10.1 Å². The molecule has 0 saturated heterocycles. The highest BCUT2D eigenvalue weighted by Crippen LogP contribution is 2.15. The van der Waals surface area contributed by atoms with Gasteiger partial charge in [0.15, 0.2) is 0 Å². The fourth-order valence-corrected chi connectivity index (χ4v) is 1.86. The molecule has 23 heavy (non-hydrogen) atoms. The van der Waals surface area contributed by atoms with E-state index in [-0.39, 0.29) is 12.5 Å². The van der Waals surface area contributed by atoms with Crippen LogP contribution in [0.3, 0.4) is 0 Å². The van der Waals surface area contributed by atoms with Gasteiger partial charge < -0.3 is 19.9 Å². The molecule has 1 atom stereocenters. The molecule has 1 aromatic rings. The van der Waals surface area contributed by atoms with Crippen molar-refractivity contribution < 1.29 is 24.2 Å². The van der Waals surface area contributed by atoms with Crippen molar-refractivity contribution in [1.82, 2.24) is 5.32 Å². The van der Waals surface area contributed by atoms with Crippen LogP contribution in [0.15, 0.2) is 24.3 Å². The average Bonchev–Trinajstić information content (AvgIpc) is 2.37. The number of carboxylic acids is 1. The van der Waals surface area contributed by atoms with Crippen molar-refractivity contribution in [3.05, 3.63) is 29.8 Å². The number of hydrogen-bond acceptors (Lipinski definition) is 4.